The van der Waals surface area contributed by atoms with Crippen LogP contribution in [-0.2, 0) is 14.3 Å². The number of carbonyl (C=O) groups is 2. The van der Waals surface area contributed by atoms with E-state index < -0.39 is 11.9 Å². The molecule has 0 atom stereocenters. The van der Waals surface area contributed by atoms with Gasteiger partial charge in [0.15, 0.2) is 12.1 Å². The minimum absolute atomic E-state index is 0. The van der Waals surface area contributed by atoms with Crippen LogP contribution in [0.15, 0.2) is 12.2 Å². The third kappa shape index (κ3) is 6.33. The molecule has 0 aromatic heterocycles. The van der Waals surface area contributed by atoms with Crippen molar-refractivity contribution in [3.8, 4) is 12.1 Å². The minimum atomic E-state index is -0.579. The van der Waals surface area contributed by atoms with Crippen molar-refractivity contribution in [1.29, 1.82) is 10.5 Å². The molecule has 0 saturated heterocycles. The zero-order chi connectivity index (χ0) is 8.69. The molecule has 0 fully saturated rings. The van der Waals surface area contributed by atoms with Gasteiger partial charge in [-0.2, -0.15) is 24.0 Å². The largest absolute Gasteiger partial charge is 0.387 e. The molecule has 0 aromatic rings. The van der Waals surface area contributed by atoms with E-state index >= 15 is 0 Å². The molecule has 1 heterocycles. The van der Waals surface area contributed by atoms with Gasteiger partial charge in [-0.3, -0.25) is 0 Å². The van der Waals surface area contributed by atoms with Crippen molar-refractivity contribution >= 4 is 25.4 Å². The molecule has 0 unspecified atom stereocenters. The Bertz CT molecular complexity index is 256. The third-order valence-electron chi connectivity index (χ3n) is 0.607. The molecule has 0 bridgehead atoms. The van der Waals surface area contributed by atoms with Crippen molar-refractivity contribution in [2.45, 2.75) is 0 Å². The lowest BCUT2D eigenvalue weighted by Gasteiger charge is -1.80. The van der Waals surface area contributed by atoms with Crippen LogP contribution in [0.4, 0.5) is 0 Å². The van der Waals surface area contributed by atoms with Crippen LogP contribution in [0.25, 0.3) is 0 Å². The van der Waals surface area contributed by atoms with Crippen molar-refractivity contribution < 1.29 is 14.3 Å². The SMILES string of the molecule is N#CC#N.O=C1C=CC(=O)O1.S. The number of rotatable bonds is 0. The van der Waals surface area contributed by atoms with Gasteiger partial charge in [-0.15, -0.1) is 0 Å². The van der Waals surface area contributed by atoms with Crippen molar-refractivity contribution in [2.75, 3.05) is 0 Å². The van der Waals surface area contributed by atoms with E-state index in [0.29, 0.717) is 0 Å². The van der Waals surface area contributed by atoms with Crippen LogP contribution < -0.4 is 0 Å². The molecule has 0 amide bonds. The minimum Gasteiger partial charge on any atom is -0.387 e. The first-order chi connectivity index (χ1) is 5.20. The summed E-state index contributed by atoms with van der Waals surface area (Å²) >= 11 is 0. The Morgan fingerprint density at radius 3 is 1.50 bits per heavy atom. The molecule has 0 aromatic carbocycles. The highest BCUT2D eigenvalue weighted by Crippen LogP contribution is 1.92. The van der Waals surface area contributed by atoms with E-state index in [1.165, 1.54) is 12.1 Å². The summed E-state index contributed by atoms with van der Waals surface area (Å²) in [6, 6.07) is 2.47. The lowest BCUT2D eigenvalue weighted by atomic mass is 10.6. The number of carbonyl (C=O) groups excluding carboxylic acids is 2. The number of cyclic esters (lactones) is 2. The van der Waals surface area contributed by atoms with Gasteiger partial charge in [0.2, 0.25) is 0 Å². The lowest BCUT2D eigenvalue weighted by molar-refractivity contribution is -0.150. The van der Waals surface area contributed by atoms with Crippen LogP contribution in [0.5, 0.6) is 0 Å². The van der Waals surface area contributed by atoms with Crippen molar-refractivity contribution in [1.82, 2.24) is 0 Å². The fourth-order valence-electron chi connectivity index (χ4n) is 0.303. The van der Waals surface area contributed by atoms with Crippen LogP contribution in [-0.4, -0.2) is 11.9 Å². The molecule has 0 saturated carbocycles. The fourth-order valence-corrected chi connectivity index (χ4v) is 0.303. The first-order valence-electron chi connectivity index (χ1n) is 2.42. The Hall–Kier alpha value is -1.79. The molecule has 0 aliphatic carbocycles. The Morgan fingerprint density at radius 2 is 1.42 bits per heavy atom. The maximum Gasteiger partial charge on any atom is 0.338 e. The molecule has 62 valence electrons. The monoisotopic (exact) mass is 184 g/mol. The van der Waals surface area contributed by atoms with E-state index in [0.717, 1.165) is 12.2 Å². The van der Waals surface area contributed by atoms with E-state index in [4.69, 9.17) is 10.5 Å². The quantitative estimate of drug-likeness (QED) is 0.383. The highest BCUT2D eigenvalue weighted by Gasteiger charge is 2.10. The zero-order valence-electron chi connectivity index (χ0n) is 5.77. The maximum absolute atomic E-state index is 9.92. The first-order valence-corrected chi connectivity index (χ1v) is 2.42. The Kier molecular flexibility index (Phi) is 7.84. The van der Waals surface area contributed by atoms with E-state index in [-0.39, 0.29) is 13.5 Å². The second-order valence-electron chi connectivity index (χ2n) is 1.30. The Labute approximate surface area is 75.3 Å². The predicted molar refractivity (Wildman–Crippen MR) is 41.8 cm³/mol. The number of ether oxygens (including phenoxy) is 1. The second kappa shape index (κ2) is 7.32. The Morgan fingerprint density at radius 1 is 1.08 bits per heavy atom. The van der Waals surface area contributed by atoms with Crippen LogP contribution in [0.1, 0.15) is 0 Å². The molecular weight excluding hydrogens is 180 g/mol. The normalized spacial score (nSPS) is 11.2. The molecular formula is C6H4N2O3S. The van der Waals surface area contributed by atoms with Gasteiger partial charge in [0, 0.05) is 12.2 Å². The summed E-state index contributed by atoms with van der Waals surface area (Å²) in [7, 11) is 0. The highest BCUT2D eigenvalue weighted by atomic mass is 32.1. The zero-order valence-corrected chi connectivity index (χ0v) is 6.77. The molecule has 5 nitrogen and oxygen atoms in total. The van der Waals surface area contributed by atoms with Gasteiger partial charge in [-0.1, -0.05) is 0 Å². The summed E-state index contributed by atoms with van der Waals surface area (Å²) in [6.07, 6.45) is 2.17. The summed E-state index contributed by atoms with van der Waals surface area (Å²) in [5, 5.41) is 14.5. The van der Waals surface area contributed by atoms with Crippen molar-refractivity contribution in [3.05, 3.63) is 12.2 Å². The van der Waals surface area contributed by atoms with Crippen molar-refractivity contribution in [3.63, 3.8) is 0 Å². The lowest BCUT2D eigenvalue weighted by Crippen LogP contribution is -1.96. The molecule has 0 spiro atoms. The van der Waals surface area contributed by atoms with E-state index in [1.807, 2.05) is 0 Å². The summed E-state index contributed by atoms with van der Waals surface area (Å²) in [6.45, 7) is 0. The molecule has 0 N–H and O–H groups in total. The second-order valence-corrected chi connectivity index (χ2v) is 1.30. The number of esters is 2. The van der Waals surface area contributed by atoms with Crippen LogP contribution in [0.3, 0.4) is 0 Å². The van der Waals surface area contributed by atoms with E-state index in [2.05, 4.69) is 4.74 Å². The Balaban J connectivity index is 0. The van der Waals surface area contributed by atoms with Gasteiger partial charge < -0.3 is 4.74 Å². The number of nitrogens with zero attached hydrogens (tertiary/aromatic N) is 2. The predicted octanol–water partition coefficient (Wildman–Crippen LogP) is -0.228. The number of hydrogen-bond acceptors (Lipinski definition) is 5. The molecule has 12 heavy (non-hydrogen) atoms. The van der Waals surface area contributed by atoms with Crippen LogP contribution in [0, 0.1) is 22.7 Å². The van der Waals surface area contributed by atoms with Crippen molar-refractivity contribution in [2.24, 2.45) is 0 Å². The van der Waals surface area contributed by atoms with Crippen LogP contribution in [0.2, 0.25) is 0 Å². The summed E-state index contributed by atoms with van der Waals surface area (Å²) in [4.78, 5) is 19.8. The van der Waals surface area contributed by atoms with E-state index in [1.54, 1.807) is 0 Å². The molecule has 1 aliphatic heterocycles. The van der Waals surface area contributed by atoms with Gasteiger partial charge in [-0.25, -0.2) is 9.59 Å². The third-order valence-corrected chi connectivity index (χ3v) is 0.607. The molecule has 1 rings (SSSR count). The van der Waals surface area contributed by atoms with Gasteiger partial charge in [-0.05, 0) is 0 Å². The smallest absolute Gasteiger partial charge is 0.338 e. The maximum atomic E-state index is 9.92. The standard InChI is InChI=1S/C4H2O3.C2N2.H2S/c5-3-1-2-4(6)7-3;3-1-2-4;/h1-2H;;1H2. The van der Waals surface area contributed by atoms with Gasteiger partial charge in [0.05, 0.1) is 0 Å². The molecule has 0 radical (unpaired) electrons. The number of nitriles is 2. The topological polar surface area (TPSA) is 91.0 Å². The average molecular weight is 184 g/mol. The number of hydrogen-bond donors (Lipinski definition) is 0. The van der Waals surface area contributed by atoms with Gasteiger partial charge in [0.25, 0.3) is 0 Å². The van der Waals surface area contributed by atoms with Crippen LogP contribution >= 0.6 is 13.5 Å². The summed E-state index contributed by atoms with van der Waals surface area (Å²) in [5.41, 5.74) is 0. The summed E-state index contributed by atoms with van der Waals surface area (Å²) < 4.78 is 3.97. The summed E-state index contributed by atoms with van der Waals surface area (Å²) in [5.74, 6) is -1.16. The highest BCUT2D eigenvalue weighted by molar-refractivity contribution is 7.59. The molecule has 6 heteroatoms. The van der Waals surface area contributed by atoms with E-state index in [9.17, 15) is 9.59 Å². The van der Waals surface area contributed by atoms with Gasteiger partial charge >= 0.3 is 11.9 Å². The fraction of sp³-hybridized carbons (Fsp3) is 0. The molecule has 1 aliphatic rings. The average Bonchev–Trinajstić information content (AvgIpc) is 2.35. The van der Waals surface area contributed by atoms with Gasteiger partial charge in [0.1, 0.15) is 0 Å². The first kappa shape index (κ1) is 12.8.